The van der Waals surface area contributed by atoms with Crippen LogP contribution in [-0.2, 0) is 11.3 Å². The fourth-order valence-corrected chi connectivity index (χ4v) is 3.47. The Labute approximate surface area is 170 Å². The van der Waals surface area contributed by atoms with Gasteiger partial charge in [-0.25, -0.2) is 4.79 Å². The summed E-state index contributed by atoms with van der Waals surface area (Å²) in [5, 5.41) is 4.68. The molecule has 0 saturated carbocycles. The summed E-state index contributed by atoms with van der Waals surface area (Å²) >= 11 is 2.20. The zero-order valence-electron chi connectivity index (χ0n) is 14.5. The third-order valence-corrected chi connectivity index (χ3v) is 5.34. The summed E-state index contributed by atoms with van der Waals surface area (Å²) in [4.78, 5) is 12.1. The molecule has 27 heavy (non-hydrogen) atoms. The topological polar surface area (TPSA) is 60.1 Å². The van der Waals surface area contributed by atoms with Gasteiger partial charge in [0, 0.05) is 23.4 Å². The second-order valence-corrected chi connectivity index (χ2v) is 7.31. The molecule has 1 atom stereocenters. The highest BCUT2D eigenvalue weighted by atomic mass is 127. The Morgan fingerprint density at radius 2 is 1.78 bits per heavy atom. The van der Waals surface area contributed by atoms with Crippen LogP contribution in [0.5, 0.6) is 11.5 Å². The Balaban J connectivity index is 1.58. The van der Waals surface area contributed by atoms with Gasteiger partial charge in [0.1, 0.15) is 18.1 Å². The van der Waals surface area contributed by atoms with Gasteiger partial charge in [-0.3, -0.25) is 0 Å². The molecule has 3 aromatic rings. The molecule has 1 N–H and O–H groups in total. The second kappa shape index (κ2) is 8.14. The number of amides is 1. The van der Waals surface area contributed by atoms with Gasteiger partial charge >= 0.3 is 6.09 Å². The molecule has 1 amide bonds. The van der Waals surface area contributed by atoms with Gasteiger partial charge in [0.2, 0.25) is 0 Å². The van der Waals surface area contributed by atoms with Gasteiger partial charge in [-0.15, -0.1) is 0 Å². The Bertz CT molecular complexity index is 957. The van der Waals surface area contributed by atoms with E-state index in [1.807, 2.05) is 54.6 Å². The van der Waals surface area contributed by atoms with Crippen molar-refractivity contribution in [1.29, 1.82) is 0 Å². The summed E-state index contributed by atoms with van der Waals surface area (Å²) in [6.07, 6.45) is -0.384. The average molecular weight is 475 g/mol. The van der Waals surface area contributed by atoms with Crippen LogP contribution >= 0.6 is 22.6 Å². The van der Waals surface area contributed by atoms with E-state index < -0.39 is 6.09 Å². The van der Waals surface area contributed by atoms with E-state index in [0.717, 1.165) is 19.9 Å². The van der Waals surface area contributed by atoms with E-state index in [1.54, 1.807) is 6.07 Å². The summed E-state index contributed by atoms with van der Waals surface area (Å²) in [5.74, 6) is 1.16. The first kappa shape index (κ1) is 18.1. The third-order valence-electron chi connectivity index (χ3n) is 4.22. The van der Waals surface area contributed by atoms with Crippen LogP contribution in [-0.4, -0.2) is 25.3 Å². The van der Waals surface area contributed by atoms with Crippen molar-refractivity contribution in [3.63, 3.8) is 0 Å². The lowest BCUT2D eigenvalue weighted by Gasteiger charge is -2.14. The monoisotopic (exact) mass is 475 g/mol. The number of carbonyl (C=O) groups is 1. The first-order valence-electron chi connectivity index (χ1n) is 8.66. The lowest BCUT2D eigenvalue weighted by Crippen LogP contribution is -2.30. The molecule has 6 heteroatoms. The smallest absolute Gasteiger partial charge is 0.412 e. The van der Waals surface area contributed by atoms with Gasteiger partial charge in [0.05, 0.1) is 16.3 Å². The van der Waals surface area contributed by atoms with Crippen molar-refractivity contribution in [3.05, 3.63) is 69.8 Å². The van der Waals surface area contributed by atoms with Crippen LogP contribution in [0.4, 0.5) is 4.79 Å². The summed E-state index contributed by atoms with van der Waals surface area (Å²) in [7, 11) is 0. The molecule has 1 aliphatic heterocycles. The molecule has 5 nitrogen and oxygen atoms in total. The number of hydrogen-bond donors (Lipinski definition) is 1. The van der Waals surface area contributed by atoms with Gasteiger partial charge in [0.25, 0.3) is 0 Å². The minimum absolute atomic E-state index is 0.109. The predicted octanol–water partition coefficient (Wildman–Crippen LogP) is 4.51. The number of hydrogen-bond acceptors (Lipinski definition) is 4. The van der Waals surface area contributed by atoms with Crippen molar-refractivity contribution in [2.75, 3.05) is 13.2 Å². The number of ether oxygens (including phenoxy) is 3. The van der Waals surface area contributed by atoms with Gasteiger partial charge in [-0.2, -0.15) is 0 Å². The minimum atomic E-state index is -0.493. The maximum absolute atomic E-state index is 12.1. The molecule has 0 spiro atoms. The maximum Gasteiger partial charge on any atom is 0.412 e. The molecule has 0 bridgehead atoms. The normalized spacial score (nSPS) is 15.4. The fourth-order valence-electron chi connectivity index (χ4n) is 2.73. The summed E-state index contributed by atoms with van der Waals surface area (Å²) in [6.45, 7) is 1.59. The Morgan fingerprint density at radius 3 is 2.52 bits per heavy atom. The molecular weight excluding hydrogens is 457 g/mol. The van der Waals surface area contributed by atoms with Crippen LogP contribution in [0, 0.1) is 3.57 Å². The first-order chi connectivity index (χ1) is 13.2. The van der Waals surface area contributed by atoms with E-state index in [-0.39, 0.29) is 6.10 Å². The van der Waals surface area contributed by atoms with E-state index in [2.05, 4.69) is 27.9 Å². The Morgan fingerprint density at radius 1 is 1.07 bits per heavy atom. The maximum atomic E-state index is 12.1. The highest BCUT2D eigenvalue weighted by molar-refractivity contribution is 14.1. The molecule has 0 aromatic heterocycles. The Hall–Kier alpha value is -2.32. The summed E-state index contributed by atoms with van der Waals surface area (Å²) in [6, 6.07) is 19.7. The van der Waals surface area contributed by atoms with E-state index in [1.165, 1.54) is 0 Å². The van der Waals surface area contributed by atoms with E-state index in [0.29, 0.717) is 31.3 Å². The van der Waals surface area contributed by atoms with Crippen LogP contribution < -0.4 is 14.8 Å². The van der Waals surface area contributed by atoms with Gasteiger partial charge in [-0.1, -0.05) is 54.6 Å². The first-order valence-corrected chi connectivity index (χ1v) is 9.74. The van der Waals surface area contributed by atoms with E-state index in [4.69, 9.17) is 14.2 Å². The van der Waals surface area contributed by atoms with Gasteiger partial charge < -0.3 is 19.5 Å². The average Bonchev–Trinajstić information content (AvgIpc) is 3.53. The molecule has 0 unspecified atom stereocenters. The van der Waals surface area contributed by atoms with E-state index in [9.17, 15) is 4.79 Å². The zero-order chi connectivity index (χ0) is 18.6. The van der Waals surface area contributed by atoms with Crippen LogP contribution in [0.3, 0.4) is 0 Å². The number of nitrogens with one attached hydrogen (secondary N) is 1. The molecule has 3 aromatic carbocycles. The molecule has 1 fully saturated rings. The number of benzene rings is 3. The van der Waals surface area contributed by atoms with Gasteiger partial charge in [0.15, 0.2) is 0 Å². The zero-order valence-corrected chi connectivity index (χ0v) is 16.6. The number of halogens is 1. The molecule has 1 saturated heterocycles. The second-order valence-electron chi connectivity index (χ2n) is 6.23. The number of carbonyl (C=O) groups excluding carboxylic acids is 1. The van der Waals surface area contributed by atoms with Crippen molar-refractivity contribution in [3.8, 4) is 11.5 Å². The molecule has 0 aliphatic carbocycles. The molecule has 1 heterocycles. The quantitative estimate of drug-likeness (QED) is 0.421. The summed E-state index contributed by atoms with van der Waals surface area (Å²) in [5.41, 5.74) is 1.07. The standard InChI is InChI=1S/C21H18INO4/c22-20-17-9-5-4-8-16(17)18(26-12-14-6-2-1-3-7-14)10-19(20)27-21(24)23-11-15-13-25-15/h1-10,15H,11-13H2,(H,23,24)/t15-/m1/s1. The fraction of sp³-hybridized carbons (Fsp3) is 0.190. The molecule has 1 aliphatic rings. The molecular formula is C21H18INO4. The highest BCUT2D eigenvalue weighted by Gasteiger charge is 2.23. The molecule has 138 valence electrons. The van der Waals surface area contributed by atoms with Crippen molar-refractivity contribution in [2.24, 2.45) is 0 Å². The largest absolute Gasteiger partial charge is 0.488 e. The molecule has 4 rings (SSSR count). The lowest BCUT2D eigenvalue weighted by atomic mass is 10.1. The van der Waals surface area contributed by atoms with Crippen LogP contribution in [0.2, 0.25) is 0 Å². The third kappa shape index (κ3) is 4.51. The van der Waals surface area contributed by atoms with Crippen molar-refractivity contribution >= 4 is 39.5 Å². The highest BCUT2D eigenvalue weighted by Crippen LogP contribution is 2.37. The van der Waals surface area contributed by atoms with Crippen molar-refractivity contribution in [2.45, 2.75) is 12.7 Å². The lowest BCUT2D eigenvalue weighted by molar-refractivity contribution is 0.198. The van der Waals surface area contributed by atoms with Crippen molar-refractivity contribution in [1.82, 2.24) is 5.32 Å². The van der Waals surface area contributed by atoms with Crippen LogP contribution in [0.1, 0.15) is 5.56 Å². The number of epoxide rings is 1. The summed E-state index contributed by atoms with van der Waals surface area (Å²) < 4.78 is 17.5. The van der Waals surface area contributed by atoms with E-state index >= 15 is 0 Å². The minimum Gasteiger partial charge on any atom is -0.488 e. The molecule has 0 radical (unpaired) electrons. The van der Waals surface area contributed by atoms with Crippen molar-refractivity contribution < 1.29 is 19.0 Å². The number of rotatable bonds is 6. The Kier molecular flexibility index (Phi) is 5.45. The predicted molar refractivity (Wildman–Crippen MR) is 111 cm³/mol. The van der Waals surface area contributed by atoms with Gasteiger partial charge in [-0.05, 0) is 28.2 Å². The number of fused-ring (bicyclic) bond motifs is 1. The van der Waals surface area contributed by atoms with Crippen LogP contribution in [0.25, 0.3) is 10.8 Å². The van der Waals surface area contributed by atoms with Crippen LogP contribution in [0.15, 0.2) is 60.7 Å². The SMILES string of the molecule is O=C(NC[C@@H]1CO1)Oc1cc(OCc2ccccc2)c2ccccc2c1I.